The van der Waals surface area contributed by atoms with E-state index in [1.807, 2.05) is 20.8 Å². The lowest BCUT2D eigenvalue weighted by atomic mass is 10.0. The summed E-state index contributed by atoms with van der Waals surface area (Å²) in [6.45, 7) is 6.57. The molecule has 10 nitrogen and oxygen atoms in total. The van der Waals surface area contributed by atoms with Crippen molar-refractivity contribution in [2.75, 3.05) is 25.5 Å². The Morgan fingerprint density at radius 2 is 1.76 bits per heavy atom. The number of likely N-dealkylation sites (tertiary alicyclic amines) is 1. The van der Waals surface area contributed by atoms with Gasteiger partial charge in [-0.2, -0.15) is 4.98 Å². The Kier molecular flexibility index (Phi) is 8.04. The fourth-order valence-electron chi connectivity index (χ4n) is 3.97. The highest BCUT2D eigenvalue weighted by molar-refractivity contribution is 5.94. The smallest absolute Gasteiger partial charge is 0.410 e. The van der Waals surface area contributed by atoms with Gasteiger partial charge in [-0.3, -0.25) is 4.79 Å². The molecule has 0 aliphatic carbocycles. The zero-order valence-corrected chi connectivity index (χ0v) is 21.8. The van der Waals surface area contributed by atoms with Gasteiger partial charge in [0, 0.05) is 36.4 Å². The number of aromatic nitrogens is 3. The predicted octanol–water partition coefficient (Wildman–Crippen LogP) is 4.56. The van der Waals surface area contributed by atoms with Crippen LogP contribution in [0.2, 0.25) is 0 Å². The number of nitrogens with one attached hydrogen (secondary N) is 2. The van der Waals surface area contributed by atoms with E-state index in [-0.39, 0.29) is 24.0 Å². The standard InChI is InChI=1S/C27H31FN6O4/c1-27(2,3)38-26(36)34-13-11-20(12-14-34)31-24(35)17-5-8-19(9-6-17)32-25-30-16-29-23(33-25)21-10-7-18(28)15-22(21)37-4/h5-10,15-16,20H,11-14H2,1-4H3,(H,31,35)(H,29,30,32,33). The molecule has 0 atom stereocenters. The van der Waals surface area contributed by atoms with E-state index in [1.165, 1.54) is 25.6 Å². The first-order valence-electron chi connectivity index (χ1n) is 12.3. The second-order valence-electron chi connectivity index (χ2n) is 9.89. The Morgan fingerprint density at radius 1 is 1.05 bits per heavy atom. The third kappa shape index (κ3) is 6.93. The minimum atomic E-state index is -0.537. The van der Waals surface area contributed by atoms with Crippen LogP contribution in [0.3, 0.4) is 0 Å². The number of nitrogens with zero attached hydrogens (tertiary/aromatic N) is 4. The predicted molar refractivity (Wildman–Crippen MR) is 140 cm³/mol. The van der Waals surface area contributed by atoms with Crippen molar-refractivity contribution in [1.82, 2.24) is 25.2 Å². The summed E-state index contributed by atoms with van der Waals surface area (Å²) in [4.78, 5) is 39.4. The first-order valence-corrected chi connectivity index (χ1v) is 12.3. The normalized spacial score (nSPS) is 14.1. The quantitative estimate of drug-likeness (QED) is 0.484. The van der Waals surface area contributed by atoms with Gasteiger partial charge >= 0.3 is 6.09 Å². The van der Waals surface area contributed by atoms with Gasteiger partial charge in [0.1, 0.15) is 23.5 Å². The molecule has 1 fully saturated rings. The topological polar surface area (TPSA) is 119 Å². The summed E-state index contributed by atoms with van der Waals surface area (Å²) in [6, 6.07) is 11.0. The van der Waals surface area contributed by atoms with Crippen molar-refractivity contribution in [3.63, 3.8) is 0 Å². The highest BCUT2D eigenvalue weighted by Gasteiger charge is 2.27. The molecule has 38 heavy (non-hydrogen) atoms. The summed E-state index contributed by atoms with van der Waals surface area (Å²) in [5, 5.41) is 6.13. The number of carbonyl (C=O) groups is 2. The van der Waals surface area contributed by atoms with Gasteiger partial charge in [0.25, 0.3) is 5.91 Å². The summed E-state index contributed by atoms with van der Waals surface area (Å²) < 4.78 is 24.2. The van der Waals surface area contributed by atoms with Crippen LogP contribution in [0.1, 0.15) is 44.0 Å². The molecule has 2 aromatic carbocycles. The number of carbonyl (C=O) groups excluding carboxylic acids is 2. The number of hydrogen-bond donors (Lipinski definition) is 2. The monoisotopic (exact) mass is 522 g/mol. The van der Waals surface area contributed by atoms with Gasteiger partial charge in [-0.25, -0.2) is 19.2 Å². The van der Waals surface area contributed by atoms with Crippen LogP contribution < -0.4 is 15.4 Å². The fraction of sp³-hybridized carbons (Fsp3) is 0.370. The molecule has 0 bridgehead atoms. The van der Waals surface area contributed by atoms with Crippen molar-refractivity contribution in [1.29, 1.82) is 0 Å². The molecule has 0 unspecified atom stereocenters. The largest absolute Gasteiger partial charge is 0.496 e. The first kappa shape index (κ1) is 26.8. The molecule has 1 saturated heterocycles. The average molecular weight is 523 g/mol. The number of rotatable bonds is 6. The van der Waals surface area contributed by atoms with Crippen molar-refractivity contribution >= 4 is 23.6 Å². The molecule has 200 valence electrons. The molecule has 1 aliphatic rings. The average Bonchev–Trinajstić information content (AvgIpc) is 2.88. The Balaban J connectivity index is 1.33. The molecule has 2 amide bonds. The van der Waals surface area contributed by atoms with Crippen LogP contribution in [0.25, 0.3) is 11.4 Å². The molecule has 0 radical (unpaired) electrons. The van der Waals surface area contributed by atoms with Crippen LogP contribution in [-0.4, -0.2) is 63.7 Å². The Bertz CT molecular complexity index is 1290. The minimum absolute atomic E-state index is 0.0221. The molecule has 3 aromatic rings. The van der Waals surface area contributed by atoms with E-state index in [9.17, 15) is 14.0 Å². The second-order valence-corrected chi connectivity index (χ2v) is 9.89. The number of benzene rings is 2. The highest BCUT2D eigenvalue weighted by Crippen LogP contribution is 2.28. The summed E-state index contributed by atoms with van der Waals surface area (Å²) in [7, 11) is 1.45. The summed E-state index contributed by atoms with van der Waals surface area (Å²) in [5.41, 5.74) is 1.18. The number of methoxy groups -OCH3 is 1. The van der Waals surface area contributed by atoms with Crippen molar-refractivity contribution < 1.29 is 23.5 Å². The van der Waals surface area contributed by atoms with E-state index in [4.69, 9.17) is 9.47 Å². The van der Waals surface area contributed by atoms with Crippen LogP contribution in [0.15, 0.2) is 48.8 Å². The van der Waals surface area contributed by atoms with Crippen LogP contribution in [0.5, 0.6) is 5.75 Å². The molecule has 0 saturated carbocycles. The van der Waals surface area contributed by atoms with E-state index in [2.05, 4.69) is 25.6 Å². The summed E-state index contributed by atoms with van der Waals surface area (Å²) in [6.07, 6.45) is 2.34. The number of amides is 2. The molecule has 0 spiro atoms. The molecular weight excluding hydrogens is 491 g/mol. The Labute approximate surface area is 220 Å². The van der Waals surface area contributed by atoms with E-state index >= 15 is 0 Å². The van der Waals surface area contributed by atoms with Crippen LogP contribution in [-0.2, 0) is 4.74 Å². The van der Waals surface area contributed by atoms with Crippen molar-refractivity contribution in [3.05, 3.63) is 60.2 Å². The van der Waals surface area contributed by atoms with Gasteiger partial charge < -0.3 is 25.0 Å². The molecule has 1 aliphatic heterocycles. The van der Waals surface area contributed by atoms with Crippen LogP contribution in [0.4, 0.5) is 20.8 Å². The van der Waals surface area contributed by atoms with E-state index in [0.717, 1.165) is 0 Å². The molecule has 2 N–H and O–H groups in total. The van der Waals surface area contributed by atoms with Gasteiger partial charge in [0.2, 0.25) is 5.95 Å². The van der Waals surface area contributed by atoms with E-state index in [0.29, 0.717) is 54.3 Å². The SMILES string of the molecule is COc1cc(F)ccc1-c1ncnc(Nc2ccc(C(=O)NC3CCN(C(=O)OC(C)(C)C)CC3)cc2)n1. The van der Waals surface area contributed by atoms with Crippen molar-refractivity contribution in [3.8, 4) is 17.1 Å². The maximum Gasteiger partial charge on any atom is 0.410 e. The Hall–Kier alpha value is -4.28. The molecule has 4 rings (SSSR count). The third-order valence-electron chi connectivity index (χ3n) is 5.86. The maximum absolute atomic E-state index is 13.5. The number of halogens is 1. The van der Waals surface area contributed by atoms with Gasteiger partial charge in [-0.1, -0.05) is 0 Å². The Morgan fingerprint density at radius 3 is 2.42 bits per heavy atom. The lowest BCUT2D eigenvalue weighted by Crippen LogP contribution is -2.47. The summed E-state index contributed by atoms with van der Waals surface area (Å²) >= 11 is 0. The second kappa shape index (κ2) is 11.4. The number of anilines is 2. The number of ether oxygens (including phenoxy) is 2. The number of hydrogen-bond acceptors (Lipinski definition) is 8. The van der Waals surface area contributed by atoms with E-state index < -0.39 is 11.4 Å². The molecule has 11 heteroatoms. The summed E-state index contributed by atoms with van der Waals surface area (Å²) in [5.74, 6) is 0.322. The van der Waals surface area contributed by atoms with E-state index in [1.54, 1.807) is 35.2 Å². The van der Waals surface area contributed by atoms with Crippen LogP contribution >= 0.6 is 0 Å². The number of piperidine rings is 1. The lowest BCUT2D eigenvalue weighted by molar-refractivity contribution is 0.0199. The lowest BCUT2D eigenvalue weighted by Gasteiger charge is -2.33. The van der Waals surface area contributed by atoms with Gasteiger partial charge in [0.05, 0.1) is 12.7 Å². The highest BCUT2D eigenvalue weighted by atomic mass is 19.1. The molecular formula is C27H31FN6O4. The zero-order chi connectivity index (χ0) is 27.3. The van der Waals surface area contributed by atoms with Gasteiger partial charge in [0.15, 0.2) is 5.82 Å². The third-order valence-corrected chi connectivity index (χ3v) is 5.86. The van der Waals surface area contributed by atoms with Crippen molar-refractivity contribution in [2.24, 2.45) is 0 Å². The molecule has 2 heterocycles. The zero-order valence-electron chi connectivity index (χ0n) is 21.8. The maximum atomic E-state index is 13.5. The van der Waals surface area contributed by atoms with Gasteiger partial charge in [-0.15, -0.1) is 0 Å². The van der Waals surface area contributed by atoms with Crippen molar-refractivity contribution in [2.45, 2.75) is 45.3 Å². The van der Waals surface area contributed by atoms with Gasteiger partial charge in [-0.05, 0) is 70.0 Å². The minimum Gasteiger partial charge on any atom is -0.496 e. The first-order chi connectivity index (χ1) is 18.1. The molecule has 1 aromatic heterocycles. The fourth-order valence-corrected chi connectivity index (χ4v) is 3.97. The van der Waals surface area contributed by atoms with Crippen LogP contribution in [0, 0.1) is 5.82 Å².